The largest absolute Gasteiger partial charge is 0.476 e. The molecule has 1 aromatic carbocycles. The fraction of sp³-hybridized carbons (Fsp3) is 0.400. The zero-order chi connectivity index (χ0) is 15.2. The molecule has 0 saturated heterocycles. The van der Waals surface area contributed by atoms with Crippen LogP contribution in [-0.2, 0) is 4.74 Å². The molecule has 21 heavy (non-hydrogen) atoms. The SMILES string of the molecule is CCOCCN(CC)c1c(C(=O)O)nnc2ccccc12. The van der Waals surface area contributed by atoms with Crippen molar-refractivity contribution in [2.24, 2.45) is 0 Å². The van der Waals surface area contributed by atoms with E-state index in [2.05, 4.69) is 10.2 Å². The Hall–Kier alpha value is -2.21. The van der Waals surface area contributed by atoms with Crippen molar-refractivity contribution in [2.45, 2.75) is 13.8 Å². The standard InChI is InChI=1S/C15H19N3O3/c1-3-18(9-10-21-4-2)14-11-7-5-6-8-12(11)16-17-13(14)15(19)20/h5-8H,3-4,9-10H2,1-2H3,(H,19,20). The number of anilines is 1. The molecule has 1 heterocycles. The molecule has 0 atom stereocenters. The summed E-state index contributed by atoms with van der Waals surface area (Å²) in [6.07, 6.45) is 0. The summed E-state index contributed by atoms with van der Waals surface area (Å²) in [7, 11) is 0. The Labute approximate surface area is 123 Å². The first-order valence-electron chi connectivity index (χ1n) is 7.00. The molecule has 2 aromatic rings. The first kappa shape index (κ1) is 15.2. The molecule has 1 aromatic heterocycles. The third-order valence-electron chi connectivity index (χ3n) is 3.25. The third kappa shape index (κ3) is 3.28. The molecular weight excluding hydrogens is 270 g/mol. The molecule has 0 aliphatic carbocycles. The van der Waals surface area contributed by atoms with Crippen LogP contribution in [0, 0.1) is 0 Å². The van der Waals surface area contributed by atoms with Crippen molar-refractivity contribution in [3.8, 4) is 0 Å². The topological polar surface area (TPSA) is 75.5 Å². The van der Waals surface area contributed by atoms with Crippen LogP contribution < -0.4 is 4.90 Å². The van der Waals surface area contributed by atoms with Crippen molar-refractivity contribution in [1.82, 2.24) is 10.2 Å². The Balaban J connectivity index is 2.51. The second-order valence-corrected chi connectivity index (χ2v) is 4.50. The smallest absolute Gasteiger partial charge is 0.358 e. The number of hydrogen-bond donors (Lipinski definition) is 1. The van der Waals surface area contributed by atoms with Crippen molar-refractivity contribution < 1.29 is 14.6 Å². The predicted molar refractivity (Wildman–Crippen MR) is 80.9 cm³/mol. The quantitative estimate of drug-likeness (QED) is 0.787. The van der Waals surface area contributed by atoms with Gasteiger partial charge < -0.3 is 14.7 Å². The van der Waals surface area contributed by atoms with Crippen LogP contribution in [0.4, 0.5) is 5.69 Å². The molecule has 0 fully saturated rings. The number of hydrogen-bond acceptors (Lipinski definition) is 5. The molecule has 6 nitrogen and oxygen atoms in total. The first-order valence-corrected chi connectivity index (χ1v) is 7.00. The summed E-state index contributed by atoms with van der Waals surface area (Å²) in [5, 5.41) is 18.0. The summed E-state index contributed by atoms with van der Waals surface area (Å²) in [6.45, 7) is 6.37. The van der Waals surface area contributed by atoms with Gasteiger partial charge in [0.05, 0.1) is 17.8 Å². The summed E-state index contributed by atoms with van der Waals surface area (Å²) < 4.78 is 5.37. The van der Waals surface area contributed by atoms with Crippen LogP contribution in [-0.4, -0.2) is 47.6 Å². The Kier molecular flexibility index (Phi) is 5.05. The van der Waals surface area contributed by atoms with E-state index in [9.17, 15) is 9.90 Å². The molecule has 1 N–H and O–H groups in total. The van der Waals surface area contributed by atoms with Gasteiger partial charge in [-0.2, -0.15) is 0 Å². The first-order chi connectivity index (χ1) is 10.2. The maximum absolute atomic E-state index is 11.5. The minimum Gasteiger partial charge on any atom is -0.476 e. The van der Waals surface area contributed by atoms with Gasteiger partial charge in [-0.05, 0) is 19.9 Å². The number of carboxylic acid groups (broad SMARTS) is 1. The molecule has 6 heteroatoms. The van der Waals surface area contributed by atoms with Crippen molar-refractivity contribution in [3.63, 3.8) is 0 Å². The van der Waals surface area contributed by atoms with E-state index in [4.69, 9.17) is 4.74 Å². The van der Waals surface area contributed by atoms with E-state index >= 15 is 0 Å². The second-order valence-electron chi connectivity index (χ2n) is 4.50. The summed E-state index contributed by atoms with van der Waals surface area (Å²) in [6, 6.07) is 7.43. The highest BCUT2D eigenvalue weighted by atomic mass is 16.5. The Bertz CT molecular complexity index is 631. The maximum atomic E-state index is 11.5. The van der Waals surface area contributed by atoms with Gasteiger partial charge in [-0.1, -0.05) is 18.2 Å². The van der Waals surface area contributed by atoms with Crippen LogP contribution in [0.2, 0.25) is 0 Å². The van der Waals surface area contributed by atoms with E-state index < -0.39 is 5.97 Å². The van der Waals surface area contributed by atoms with Gasteiger partial charge in [0.2, 0.25) is 0 Å². The third-order valence-corrected chi connectivity index (χ3v) is 3.25. The Morgan fingerprint density at radius 1 is 1.29 bits per heavy atom. The van der Waals surface area contributed by atoms with Gasteiger partial charge in [0, 0.05) is 25.1 Å². The minimum absolute atomic E-state index is 0.0213. The van der Waals surface area contributed by atoms with Crippen LogP contribution in [0.1, 0.15) is 24.3 Å². The summed E-state index contributed by atoms with van der Waals surface area (Å²) >= 11 is 0. The molecule has 0 unspecified atom stereocenters. The number of ether oxygens (including phenoxy) is 1. The highest BCUT2D eigenvalue weighted by molar-refractivity contribution is 6.02. The highest BCUT2D eigenvalue weighted by Gasteiger charge is 2.20. The number of likely N-dealkylation sites (N-methyl/N-ethyl adjacent to an activating group) is 1. The van der Waals surface area contributed by atoms with Crippen LogP contribution in [0.15, 0.2) is 24.3 Å². The lowest BCUT2D eigenvalue weighted by atomic mass is 10.1. The van der Waals surface area contributed by atoms with Crippen LogP contribution in [0.3, 0.4) is 0 Å². The van der Waals surface area contributed by atoms with Gasteiger partial charge in [0.25, 0.3) is 0 Å². The molecule has 0 aliphatic heterocycles. The van der Waals surface area contributed by atoms with Gasteiger partial charge in [-0.3, -0.25) is 0 Å². The van der Waals surface area contributed by atoms with E-state index in [1.807, 2.05) is 43.0 Å². The van der Waals surface area contributed by atoms with E-state index in [1.165, 1.54) is 0 Å². The molecule has 0 saturated carbocycles. The molecule has 0 bridgehead atoms. The van der Waals surface area contributed by atoms with Gasteiger partial charge in [-0.15, -0.1) is 10.2 Å². The Morgan fingerprint density at radius 3 is 2.71 bits per heavy atom. The van der Waals surface area contributed by atoms with Gasteiger partial charge >= 0.3 is 5.97 Å². The van der Waals surface area contributed by atoms with Crippen molar-refractivity contribution in [3.05, 3.63) is 30.0 Å². The number of benzene rings is 1. The second kappa shape index (κ2) is 6.99. The Morgan fingerprint density at radius 2 is 2.05 bits per heavy atom. The number of aromatic nitrogens is 2. The van der Waals surface area contributed by atoms with Gasteiger partial charge in [0.15, 0.2) is 5.69 Å². The molecule has 0 aliphatic rings. The zero-order valence-electron chi connectivity index (χ0n) is 12.2. The van der Waals surface area contributed by atoms with Crippen molar-refractivity contribution in [1.29, 1.82) is 0 Å². The lowest BCUT2D eigenvalue weighted by molar-refractivity contribution is 0.0690. The van der Waals surface area contributed by atoms with E-state index in [1.54, 1.807) is 0 Å². The number of carbonyl (C=O) groups is 1. The van der Waals surface area contributed by atoms with Crippen LogP contribution in [0.25, 0.3) is 10.9 Å². The van der Waals surface area contributed by atoms with Crippen molar-refractivity contribution >= 4 is 22.6 Å². The normalized spacial score (nSPS) is 10.8. The number of fused-ring (bicyclic) bond motifs is 1. The number of nitrogens with zero attached hydrogens (tertiary/aromatic N) is 3. The number of rotatable bonds is 7. The summed E-state index contributed by atoms with van der Waals surface area (Å²) in [4.78, 5) is 13.4. The summed E-state index contributed by atoms with van der Waals surface area (Å²) in [5.41, 5.74) is 1.27. The van der Waals surface area contributed by atoms with E-state index in [0.717, 1.165) is 5.39 Å². The minimum atomic E-state index is -1.07. The highest BCUT2D eigenvalue weighted by Crippen LogP contribution is 2.28. The van der Waals surface area contributed by atoms with Crippen LogP contribution >= 0.6 is 0 Å². The van der Waals surface area contributed by atoms with E-state index in [0.29, 0.717) is 37.5 Å². The lowest BCUT2D eigenvalue weighted by Gasteiger charge is -2.25. The molecule has 0 radical (unpaired) electrons. The average Bonchev–Trinajstić information content (AvgIpc) is 2.51. The summed E-state index contributed by atoms with van der Waals surface area (Å²) in [5.74, 6) is -1.07. The molecule has 112 valence electrons. The molecule has 0 amide bonds. The fourth-order valence-electron chi connectivity index (χ4n) is 2.25. The number of aromatic carboxylic acids is 1. The molecule has 2 rings (SSSR count). The predicted octanol–water partition coefficient (Wildman–Crippen LogP) is 2.19. The fourth-order valence-corrected chi connectivity index (χ4v) is 2.25. The van der Waals surface area contributed by atoms with Crippen molar-refractivity contribution in [2.75, 3.05) is 31.2 Å². The zero-order valence-corrected chi connectivity index (χ0v) is 12.2. The van der Waals surface area contributed by atoms with Gasteiger partial charge in [0.1, 0.15) is 0 Å². The number of carboxylic acids is 1. The monoisotopic (exact) mass is 289 g/mol. The van der Waals surface area contributed by atoms with E-state index in [-0.39, 0.29) is 5.69 Å². The molecule has 0 spiro atoms. The van der Waals surface area contributed by atoms with Gasteiger partial charge in [-0.25, -0.2) is 4.79 Å². The maximum Gasteiger partial charge on any atom is 0.358 e. The lowest BCUT2D eigenvalue weighted by Crippen LogP contribution is -2.29. The van der Waals surface area contributed by atoms with Crippen LogP contribution in [0.5, 0.6) is 0 Å². The molecular formula is C15H19N3O3. The average molecular weight is 289 g/mol.